The number of nitrogens with one attached hydrogen (secondary N) is 1. The second-order valence-corrected chi connectivity index (χ2v) is 4.63. The van der Waals surface area contributed by atoms with E-state index in [0.29, 0.717) is 6.04 Å². The summed E-state index contributed by atoms with van der Waals surface area (Å²) in [5.74, 6) is 1.01. The van der Waals surface area contributed by atoms with Crippen LogP contribution in [0, 0.1) is 0 Å². The zero-order valence-corrected chi connectivity index (χ0v) is 10.5. The molecule has 0 fully saturated rings. The van der Waals surface area contributed by atoms with E-state index in [9.17, 15) is 0 Å². The van der Waals surface area contributed by atoms with Crippen molar-refractivity contribution in [2.45, 2.75) is 19.0 Å². The molecular formula is C14H17N3O. The molecular weight excluding hydrogens is 226 g/mol. The van der Waals surface area contributed by atoms with Gasteiger partial charge in [0.2, 0.25) is 0 Å². The Morgan fingerprint density at radius 1 is 1.44 bits per heavy atom. The van der Waals surface area contributed by atoms with Gasteiger partial charge in [0.1, 0.15) is 5.75 Å². The van der Waals surface area contributed by atoms with Crippen molar-refractivity contribution >= 4 is 0 Å². The Hall–Kier alpha value is -1.81. The molecule has 1 aliphatic rings. The van der Waals surface area contributed by atoms with Gasteiger partial charge in [-0.3, -0.25) is 4.68 Å². The zero-order valence-electron chi connectivity index (χ0n) is 10.5. The number of aromatic nitrogens is 2. The lowest BCUT2D eigenvalue weighted by molar-refractivity contribution is 0.252. The molecule has 4 heteroatoms. The molecule has 0 aliphatic carbocycles. The normalized spacial score (nSPS) is 18.2. The average Bonchev–Trinajstić information content (AvgIpc) is 2.82. The summed E-state index contributed by atoms with van der Waals surface area (Å²) >= 11 is 0. The minimum absolute atomic E-state index is 0.371. The minimum atomic E-state index is 0.371. The van der Waals surface area contributed by atoms with Gasteiger partial charge in [-0.2, -0.15) is 5.10 Å². The van der Waals surface area contributed by atoms with Gasteiger partial charge in [-0.25, -0.2) is 0 Å². The van der Waals surface area contributed by atoms with Crippen LogP contribution in [0.3, 0.4) is 0 Å². The van der Waals surface area contributed by atoms with E-state index >= 15 is 0 Å². The Bertz CT molecular complexity index is 535. The van der Waals surface area contributed by atoms with Crippen LogP contribution >= 0.6 is 0 Å². The van der Waals surface area contributed by atoms with Crippen LogP contribution in [0.15, 0.2) is 36.7 Å². The lowest BCUT2D eigenvalue weighted by Gasteiger charge is -2.26. The van der Waals surface area contributed by atoms with Gasteiger partial charge in [-0.05, 0) is 6.07 Å². The standard InChI is InChI=1S/C14H17N3O/c1-17-10-11(9-16-17)8-15-13-6-7-18-14-5-3-2-4-12(13)14/h2-5,9-10,13,15H,6-8H2,1H3. The molecule has 1 N–H and O–H groups in total. The van der Waals surface area contributed by atoms with Crippen molar-refractivity contribution in [3.8, 4) is 5.75 Å². The summed E-state index contributed by atoms with van der Waals surface area (Å²) < 4.78 is 7.48. The molecule has 94 valence electrons. The van der Waals surface area contributed by atoms with Crippen LogP contribution in [0.1, 0.15) is 23.6 Å². The maximum Gasteiger partial charge on any atom is 0.124 e. The molecule has 1 atom stereocenters. The Morgan fingerprint density at radius 2 is 2.33 bits per heavy atom. The summed E-state index contributed by atoms with van der Waals surface area (Å²) in [5.41, 5.74) is 2.47. The van der Waals surface area contributed by atoms with Crippen molar-refractivity contribution in [2.24, 2.45) is 7.05 Å². The molecule has 0 saturated carbocycles. The fourth-order valence-electron chi connectivity index (χ4n) is 2.36. The van der Waals surface area contributed by atoms with Crippen molar-refractivity contribution in [1.29, 1.82) is 0 Å². The second-order valence-electron chi connectivity index (χ2n) is 4.63. The summed E-state index contributed by atoms with van der Waals surface area (Å²) in [6.07, 6.45) is 4.95. The highest BCUT2D eigenvalue weighted by atomic mass is 16.5. The number of hydrogen-bond donors (Lipinski definition) is 1. The molecule has 0 spiro atoms. The van der Waals surface area contributed by atoms with Crippen molar-refractivity contribution in [3.05, 3.63) is 47.8 Å². The van der Waals surface area contributed by atoms with E-state index in [-0.39, 0.29) is 0 Å². The third-order valence-electron chi connectivity index (χ3n) is 3.27. The van der Waals surface area contributed by atoms with Crippen LogP contribution in [0.4, 0.5) is 0 Å². The van der Waals surface area contributed by atoms with Crippen molar-refractivity contribution in [1.82, 2.24) is 15.1 Å². The van der Waals surface area contributed by atoms with Crippen molar-refractivity contribution in [2.75, 3.05) is 6.61 Å². The highest BCUT2D eigenvalue weighted by molar-refractivity contribution is 5.37. The number of benzene rings is 1. The summed E-state index contributed by atoms with van der Waals surface area (Å²) in [5, 5.41) is 7.75. The monoisotopic (exact) mass is 243 g/mol. The Kier molecular flexibility index (Phi) is 3.02. The topological polar surface area (TPSA) is 39.1 Å². The third-order valence-corrected chi connectivity index (χ3v) is 3.27. The highest BCUT2D eigenvalue weighted by Crippen LogP contribution is 2.31. The van der Waals surface area contributed by atoms with Crippen LogP contribution in [0.5, 0.6) is 5.75 Å². The van der Waals surface area contributed by atoms with Gasteiger partial charge in [-0.1, -0.05) is 18.2 Å². The molecule has 0 bridgehead atoms. The molecule has 1 unspecified atom stereocenters. The fourth-order valence-corrected chi connectivity index (χ4v) is 2.36. The highest BCUT2D eigenvalue weighted by Gasteiger charge is 2.20. The van der Waals surface area contributed by atoms with Crippen LogP contribution in [-0.2, 0) is 13.6 Å². The lowest BCUT2D eigenvalue weighted by Crippen LogP contribution is -2.26. The molecule has 18 heavy (non-hydrogen) atoms. The number of fused-ring (bicyclic) bond motifs is 1. The number of hydrogen-bond acceptors (Lipinski definition) is 3. The van der Waals surface area contributed by atoms with E-state index in [1.54, 1.807) is 0 Å². The molecule has 0 amide bonds. The second kappa shape index (κ2) is 4.82. The van der Waals surface area contributed by atoms with Crippen LogP contribution < -0.4 is 10.1 Å². The lowest BCUT2D eigenvalue weighted by atomic mass is 10.0. The van der Waals surface area contributed by atoms with Crippen molar-refractivity contribution < 1.29 is 4.74 Å². The number of para-hydroxylation sites is 1. The van der Waals surface area contributed by atoms with Gasteiger partial charge in [0.25, 0.3) is 0 Å². The summed E-state index contributed by atoms with van der Waals surface area (Å²) in [6.45, 7) is 1.62. The zero-order chi connectivity index (χ0) is 12.4. The molecule has 1 aliphatic heterocycles. The fraction of sp³-hybridized carbons (Fsp3) is 0.357. The Balaban J connectivity index is 1.71. The van der Waals surface area contributed by atoms with E-state index in [2.05, 4.69) is 22.5 Å². The molecule has 4 nitrogen and oxygen atoms in total. The maximum atomic E-state index is 5.65. The smallest absolute Gasteiger partial charge is 0.124 e. The number of rotatable bonds is 3. The van der Waals surface area contributed by atoms with Crippen LogP contribution in [0.25, 0.3) is 0 Å². The number of aryl methyl sites for hydroxylation is 1. The first-order valence-corrected chi connectivity index (χ1v) is 6.25. The number of ether oxygens (including phenoxy) is 1. The largest absolute Gasteiger partial charge is 0.493 e. The van der Waals surface area contributed by atoms with Crippen LogP contribution in [0.2, 0.25) is 0 Å². The molecule has 1 aromatic heterocycles. The predicted molar refractivity (Wildman–Crippen MR) is 69.3 cm³/mol. The maximum absolute atomic E-state index is 5.65. The van der Waals surface area contributed by atoms with E-state index in [0.717, 1.165) is 25.3 Å². The van der Waals surface area contributed by atoms with E-state index in [1.807, 2.05) is 36.3 Å². The first-order chi connectivity index (χ1) is 8.83. The molecule has 2 aromatic rings. The van der Waals surface area contributed by atoms with E-state index in [1.165, 1.54) is 11.1 Å². The molecule has 0 radical (unpaired) electrons. The molecule has 0 saturated heterocycles. The average molecular weight is 243 g/mol. The van der Waals surface area contributed by atoms with E-state index < -0.39 is 0 Å². The third kappa shape index (κ3) is 2.24. The minimum Gasteiger partial charge on any atom is -0.493 e. The van der Waals surface area contributed by atoms with Crippen molar-refractivity contribution in [3.63, 3.8) is 0 Å². The summed E-state index contributed by atoms with van der Waals surface area (Å²) in [4.78, 5) is 0. The van der Waals surface area contributed by atoms with Gasteiger partial charge < -0.3 is 10.1 Å². The van der Waals surface area contributed by atoms with Gasteiger partial charge in [0, 0.05) is 43.4 Å². The van der Waals surface area contributed by atoms with E-state index in [4.69, 9.17) is 4.74 Å². The van der Waals surface area contributed by atoms with Gasteiger partial charge in [0.15, 0.2) is 0 Å². The summed E-state index contributed by atoms with van der Waals surface area (Å²) in [7, 11) is 1.94. The predicted octanol–water partition coefficient (Wildman–Crippen LogP) is 2.03. The Labute approximate surface area is 107 Å². The first-order valence-electron chi connectivity index (χ1n) is 6.25. The number of nitrogens with zero attached hydrogens (tertiary/aromatic N) is 2. The molecule has 2 heterocycles. The molecule has 3 rings (SSSR count). The van der Waals surface area contributed by atoms with Gasteiger partial charge in [-0.15, -0.1) is 0 Å². The first kappa shape index (κ1) is 11.3. The summed E-state index contributed by atoms with van der Waals surface area (Å²) in [6, 6.07) is 8.62. The SMILES string of the molecule is Cn1cc(CNC2CCOc3ccccc32)cn1. The van der Waals surface area contributed by atoms with Gasteiger partial charge >= 0.3 is 0 Å². The van der Waals surface area contributed by atoms with Gasteiger partial charge in [0.05, 0.1) is 12.8 Å². The quantitative estimate of drug-likeness (QED) is 0.896. The Morgan fingerprint density at radius 3 is 3.17 bits per heavy atom. The van der Waals surface area contributed by atoms with Crippen LogP contribution in [-0.4, -0.2) is 16.4 Å². The molecule has 1 aromatic carbocycles.